The van der Waals surface area contributed by atoms with Crippen molar-refractivity contribution >= 4 is 28.3 Å². The van der Waals surface area contributed by atoms with E-state index in [0.29, 0.717) is 16.7 Å². The summed E-state index contributed by atoms with van der Waals surface area (Å²) in [6, 6.07) is 8.81. The van der Waals surface area contributed by atoms with Crippen LogP contribution in [0.5, 0.6) is 5.75 Å². The van der Waals surface area contributed by atoms with Crippen LogP contribution in [-0.2, 0) is 0 Å². The first-order valence-corrected chi connectivity index (χ1v) is 8.78. The zero-order valence-corrected chi connectivity index (χ0v) is 15.0. The van der Waals surface area contributed by atoms with Gasteiger partial charge in [-0.25, -0.2) is 4.98 Å². The largest absolute Gasteiger partial charge is 0.508 e. The van der Waals surface area contributed by atoms with Crippen LogP contribution < -0.4 is 16.8 Å². The number of primary amides is 1. The SMILES string of the molecule is Cc1ccc(O)cc1-n1c(N)c(C(N)=O)c2nc(C3=CCCNC3)ccc21. The predicted octanol–water partition coefficient (Wildman–Crippen LogP) is 2.10. The molecule has 0 radical (unpaired) electrons. The maximum atomic E-state index is 12.1. The van der Waals surface area contributed by atoms with Gasteiger partial charge in [0.05, 0.1) is 16.9 Å². The van der Waals surface area contributed by atoms with Crippen LogP contribution in [0.3, 0.4) is 0 Å². The minimum absolute atomic E-state index is 0.112. The molecule has 0 bridgehead atoms. The average Bonchev–Trinajstić information content (AvgIpc) is 2.95. The van der Waals surface area contributed by atoms with Crippen LogP contribution in [0.4, 0.5) is 5.82 Å². The average molecular weight is 363 g/mol. The molecule has 1 aromatic carbocycles. The highest BCUT2D eigenvalue weighted by Crippen LogP contribution is 2.33. The number of aryl methyl sites for hydroxylation is 1. The summed E-state index contributed by atoms with van der Waals surface area (Å²) in [7, 11) is 0. The Balaban J connectivity index is 2.01. The predicted molar refractivity (Wildman–Crippen MR) is 106 cm³/mol. The number of rotatable bonds is 3. The Bertz CT molecular complexity index is 1100. The number of pyridine rings is 1. The number of aromatic hydroxyl groups is 1. The first-order chi connectivity index (χ1) is 13.0. The van der Waals surface area contributed by atoms with Gasteiger partial charge >= 0.3 is 0 Å². The lowest BCUT2D eigenvalue weighted by Gasteiger charge is -2.14. The third-order valence-electron chi connectivity index (χ3n) is 4.89. The van der Waals surface area contributed by atoms with E-state index < -0.39 is 5.91 Å². The van der Waals surface area contributed by atoms with Gasteiger partial charge in [0.15, 0.2) is 0 Å². The highest BCUT2D eigenvalue weighted by Gasteiger charge is 2.23. The standard InChI is InChI=1S/C20H21N5O2/c1-11-4-5-13(26)9-16(11)25-15-7-6-14(12-3-2-8-23-10-12)24-18(15)17(19(25)21)20(22)27/h3-7,9,23,26H,2,8,10,21H2,1H3,(H2,22,27). The lowest BCUT2D eigenvalue weighted by molar-refractivity contribution is 0.100. The van der Waals surface area contributed by atoms with E-state index in [1.165, 1.54) is 0 Å². The number of phenolic OH excluding ortho intramolecular Hbond substituents is 1. The van der Waals surface area contributed by atoms with Gasteiger partial charge in [0, 0.05) is 12.6 Å². The van der Waals surface area contributed by atoms with Gasteiger partial charge in [-0.3, -0.25) is 9.36 Å². The first-order valence-electron chi connectivity index (χ1n) is 8.78. The number of hydrogen-bond acceptors (Lipinski definition) is 5. The van der Waals surface area contributed by atoms with Crippen LogP contribution in [0.1, 0.15) is 28.0 Å². The molecule has 27 heavy (non-hydrogen) atoms. The molecule has 0 saturated heterocycles. The van der Waals surface area contributed by atoms with Crippen LogP contribution in [0.2, 0.25) is 0 Å². The number of nitrogen functional groups attached to an aromatic ring is 1. The number of amides is 1. The molecule has 138 valence electrons. The van der Waals surface area contributed by atoms with E-state index in [0.717, 1.165) is 36.3 Å². The van der Waals surface area contributed by atoms with Crippen molar-refractivity contribution in [2.75, 3.05) is 18.8 Å². The van der Waals surface area contributed by atoms with Crippen LogP contribution in [0, 0.1) is 6.92 Å². The molecule has 4 rings (SSSR count). The molecule has 0 fully saturated rings. The number of anilines is 1. The molecule has 0 atom stereocenters. The van der Waals surface area contributed by atoms with E-state index in [2.05, 4.69) is 11.4 Å². The highest BCUT2D eigenvalue weighted by atomic mass is 16.3. The molecule has 0 spiro atoms. The van der Waals surface area contributed by atoms with Crippen molar-refractivity contribution in [1.29, 1.82) is 0 Å². The summed E-state index contributed by atoms with van der Waals surface area (Å²) in [6.07, 6.45) is 3.08. The molecule has 0 saturated carbocycles. The molecule has 1 aliphatic heterocycles. The number of hydrogen-bond donors (Lipinski definition) is 4. The fraction of sp³-hybridized carbons (Fsp3) is 0.200. The number of aromatic nitrogens is 2. The Hall–Kier alpha value is -3.32. The lowest BCUT2D eigenvalue weighted by atomic mass is 10.1. The minimum Gasteiger partial charge on any atom is -0.508 e. The molecule has 6 N–H and O–H groups in total. The van der Waals surface area contributed by atoms with E-state index in [-0.39, 0.29) is 17.1 Å². The third-order valence-corrected chi connectivity index (χ3v) is 4.89. The number of nitrogens with one attached hydrogen (secondary N) is 1. The maximum absolute atomic E-state index is 12.1. The number of nitrogens with zero attached hydrogens (tertiary/aromatic N) is 2. The monoisotopic (exact) mass is 363 g/mol. The van der Waals surface area contributed by atoms with E-state index >= 15 is 0 Å². The molecule has 1 aliphatic rings. The van der Waals surface area contributed by atoms with Crippen molar-refractivity contribution in [1.82, 2.24) is 14.9 Å². The molecule has 7 heteroatoms. The zero-order valence-electron chi connectivity index (χ0n) is 15.0. The Morgan fingerprint density at radius 2 is 2.11 bits per heavy atom. The maximum Gasteiger partial charge on any atom is 0.254 e. The van der Waals surface area contributed by atoms with Gasteiger partial charge < -0.3 is 21.9 Å². The number of phenols is 1. The van der Waals surface area contributed by atoms with Crippen molar-refractivity contribution in [2.24, 2.45) is 5.73 Å². The number of fused-ring (bicyclic) bond motifs is 1. The molecule has 2 aromatic heterocycles. The Morgan fingerprint density at radius 1 is 1.30 bits per heavy atom. The van der Waals surface area contributed by atoms with Crippen LogP contribution in [0.25, 0.3) is 22.3 Å². The van der Waals surface area contributed by atoms with Crippen molar-refractivity contribution in [3.63, 3.8) is 0 Å². The lowest BCUT2D eigenvalue weighted by Crippen LogP contribution is -2.21. The zero-order chi connectivity index (χ0) is 19.1. The summed E-state index contributed by atoms with van der Waals surface area (Å²) in [5.74, 6) is -0.304. The topological polar surface area (TPSA) is 119 Å². The van der Waals surface area contributed by atoms with E-state index in [1.807, 2.05) is 19.1 Å². The molecule has 3 aromatic rings. The molecular weight excluding hydrogens is 342 g/mol. The Morgan fingerprint density at radius 3 is 2.81 bits per heavy atom. The number of nitrogens with two attached hydrogens (primary N) is 2. The summed E-state index contributed by atoms with van der Waals surface area (Å²) in [5, 5.41) is 13.2. The fourth-order valence-corrected chi connectivity index (χ4v) is 3.54. The van der Waals surface area contributed by atoms with Gasteiger partial charge in [-0.2, -0.15) is 0 Å². The highest BCUT2D eigenvalue weighted by molar-refractivity contribution is 6.10. The van der Waals surface area contributed by atoms with Crippen molar-refractivity contribution in [2.45, 2.75) is 13.3 Å². The van der Waals surface area contributed by atoms with E-state index in [4.69, 9.17) is 16.5 Å². The first kappa shape index (κ1) is 17.1. The van der Waals surface area contributed by atoms with Crippen LogP contribution in [0.15, 0.2) is 36.4 Å². The summed E-state index contributed by atoms with van der Waals surface area (Å²) < 4.78 is 1.72. The van der Waals surface area contributed by atoms with Crippen LogP contribution in [-0.4, -0.2) is 33.7 Å². The van der Waals surface area contributed by atoms with Crippen molar-refractivity contribution in [3.05, 3.63) is 53.2 Å². The van der Waals surface area contributed by atoms with Crippen molar-refractivity contribution < 1.29 is 9.90 Å². The van der Waals surface area contributed by atoms with Crippen molar-refractivity contribution in [3.8, 4) is 11.4 Å². The molecular formula is C20H21N5O2. The smallest absolute Gasteiger partial charge is 0.254 e. The second-order valence-corrected chi connectivity index (χ2v) is 6.69. The van der Waals surface area contributed by atoms with Gasteiger partial charge in [-0.1, -0.05) is 12.1 Å². The second kappa shape index (κ2) is 6.44. The van der Waals surface area contributed by atoms with Gasteiger partial charge in [-0.15, -0.1) is 0 Å². The van der Waals surface area contributed by atoms with E-state index in [9.17, 15) is 9.90 Å². The second-order valence-electron chi connectivity index (χ2n) is 6.69. The van der Waals surface area contributed by atoms with E-state index in [1.54, 1.807) is 22.8 Å². The quantitative estimate of drug-likeness (QED) is 0.568. The van der Waals surface area contributed by atoms with Gasteiger partial charge in [-0.05, 0) is 49.2 Å². The number of carbonyl (C=O) groups is 1. The fourth-order valence-electron chi connectivity index (χ4n) is 3.54. The third kappa shape index (κ3) is 2.82. The van der Waals surface area contributed by atoms with Gasteiger partial charge in [0.2, 0.25) is 0 Å². The summed E-state index contributed by atoms with van der Waals surface area (Å²) >= 11 is 0. The number of benzene rings is 1. The minimum atomic E-state index is -0.630. The number of carbonyl (C=O) groups excluding carboxylic acids is 1. The molecule has 0 aliphatic carbocycles. The summed E-state index contributed by atoms with van der Waals surface area (Å²) in [4.78, 5) is 16.8. The molecule has 0 unspecified atom stereocenters. The van der Waals surface area contributed by atoms with Crippen LogP contribution >= 0.6 is 0 Å². The summed E-state index contributed by atoms with van der Waals surface area (Å²) in [6.45, 7) is 3.58. The Labute approximate surface area is 156 Å². The van der Waals surface area contributed by atoms with Gasteiger partial charge in [0.1, 0.15) is 22.6 Å². The normalized spacial score (nSPS) is 14.3. The molecule has 7 nitrogen and oxygen atoms in total. The summed E-state index contributed by atoms with van der Waals surface area (Å²) in [5.41, 5.74) is 16.7. The molecule has 1 amide bonds. The van der Waals surface area contributed by atoms with Gasteiger partial charge in [0.25, 0.3) is 5.91 Å². The Kier molecular flexibility index (Phi) is 4.08. The molecule has 3 heterocycles.